The van der Waals surface area contributed by atoms with Gasteiger partial charge in [0.25, 0.3) is 10.0 Å². The SMILES string of the molecule is Cc1ccc(S(=O)(=O)N(C#Cc2cccc(C(=O)O)c2-n2cccc2)Cc2ccc(F)cc2)cc1. The first kappa shape index (κ1) is 23.8. The van der Waals surface area contributed by atoms with Gasteiger partial charge in [-0.2, -0.15) is 0 Å². The standard InChI is InChI=1S/C27H21FN2O4S/c1-20-7-13-24(14-8-20)35(33,34)30(19-21-9-11-23(28)12-10-21)18-15-22-5-4-6-25(27(31)32)26(22)29-16-2-3-17-29/h2-14,16-17H,19H2,1H3,(H,31,32). The topological polar surface area (TPSA) is 79.6 Å². The highest BCUT2D eigenvalue weighted by Gasteiger charge is 2.23. The van der Waals surface area contributed by atoms with Gasteiger partial charge in [0, 0.05) is 18.4 Å². The molecule has 1 N–H and O–H groups in total. The number of rotatable bonds is 6. The van der Waals surface area contributed by atoms with E-state index in [1.165, 1.54) is 42.5 Å². The Morgan fingerprint density at radius 2 is 1.63 bits per heavy atom. The van der Waals surface area contributed by atoms with Gasteiger partial charge in [0.2, 0.25) is 0 Å². The highest BCUT2D eigenvalue weighted by atomic mass is 32.2. The van der Waals surface area contributed by atoms with E-state index in [4.69, 9.17) is 0 Å². The fraction of sp³-hybridized carbons (Fsp3) is 0.0741. The zero-order valence-electron chi connectivity index (χ0n) is 18.7. The number of carboxylic acid groups (broad SMARTS) is 1. The number of hydrogen-bond acceptors (Lipinski definition) is 3. The quantitative estimate of drug-likeness (QED) is 0.312. The maximum Gasteiger partial charge on any atom is 0.337 e. The van der Waals surface area contributed by atoms with Gasteiger partial charge in [0.15, 0.2) is 0 Å². The third kappa shape index (κ3) is 5.26. The normalized spacial score (nSPS) is 10.9. The molecule has 0 atom stereocenters. The van der Waals surface area contributed by atoms with Gasteiger partial charge in [-0.05, 0) is 66.9 Å². The number of para-hydroxylation sites is 1. The average Bonchev–Trinajstić information content (AvgIpc) is 3.37. The van der Waals surface area contributed by atoms with Crippen molar-refractivity contribution in [1.29, 1.82) is 0 Å². The molecule has 4 rings (SSSR count). The van der Waals surface area contributed by atoms with Crippen molar-refractivity contribution in [2.24, 2.45) is 0 Å². The predicted octanol–water partition coefficient (Wildman–Crippen LogP) is 4.82. The van der Waals surface area contributed by atoms with Gasteiger partial charge in [0.05, 0.1) is 28.3 Å². The summed E-state index contributed by atoms with van der Waals surface area (Å²) in [6, 6.07) is 22.7. The minimum absolute atomic E-state index is 0.0273. The van der Waals surface area contributed by atoms with E-state index in [-0.39, 0.29) is 17.0 Å². The number of sulfonamides is 1. The lowest BCUT2D eigenvalue weighted by Crippen LogP contribution is -2.26. The Hall–Kier alpha value is -4.35. The first-order valence-electron chi connectivity index (χ1n) is 10.6. The van der Waals surface area contributed by atoms with Gasteiger partial charge in [-0.25, -0.2) is 21.9 Å². The summed E-state index contributed by atoms with van der Waals surface area (Å²) in [5.41, 5.74) is 2.14. The van der Waals surface area contributed by atoms with Gasteiger partial charge in [-0.1, -0.05) is 35.9 Å². The maximum absolute atomic E-state index is 13.5. The summed E-state index contributed by atoms with van der Waals surface area (Å²) in [6.07, 6.45) is 3.37. The van der Waals surface area contributed by atoms with E-state index in [0.29, 0.717) is 16.8 Å². The molecule has 0 saturated carbocycles. The van der Waals surface area contributed by atoms with Crippen molar-refractivity contribution < 1.29 is 22.7 Å². The van der Waals surface area contributed by atoms with Crippen LogP contribution in [0.4, 0.5) is 4.39 Å². The summed E-state index contributed by atoms with van der Waals surface area (Å²) in [7, 11) is -4.05. The minimum atomic E-state index is -4.05. The lowest BCUT2D eigenvalue weighted by molar-refractivity contribution is 0.0697. The average molecular weight is 489 g/mol. The summed E-state index contributed by atoms with van der Waals surface area (Å²) >= 11 is 0. The number of hydrogen-bond donors (Lipinski definition) is 1. The number of carboxylic acids is 1. The molecular formula is C27H21FN2O4S. The van der Waals surface area contributed by atoms with Gasteiger partial charge >= 0.3 is 5.97 Å². The summed E-state index contributed by atoms with van der Waals surface area (Å²) in [5.74, 6) is 1.29. The summed E-state index contributed by atoms with van der Waals surface area (Å²) in [6.45, 7) is 1.73. The lowest BCUT2D eigenvalue weighted by Gasteiger charge is -2.18. The third-order valence-electron chi connectivity index (χ3n) is 5.29. The van der Waals surface area contributed by atoms with Crippen LogP contribution in [-0.2, 0) is 16.6 Å². The summed E-state index contributed by atoms with van der Waals surface area (Å²) < 4.78 is 43.0. The number of halogens is 1. The number of aryl methyl sites for hydroxylation is 1. The molecule has 0 aliphatic heterocycles. The molecule has 0 unspecified atom stereocenters. The Morgan fingerprint density at radius 3 is 2.26 bits per heavy atom. The Kier molecular flexibility index (Phi) is 6.71. The lowest BCUT2D eigenvalue weighted by atomic mass is 10.1. The van der Waals surface area contributed by atoms with Crippen LogP contribution < -0.4 is 0 Å². The van der Waals surface area contributed by atoms with Crippen molar-refractivity contribution in [3.63, 3.8) is 0 Å². The van der Waals surface area contributed by atoms with Crippen LogP contribution in [-0.4, -0.2) is 28.4 Å². The first-order valence-corrected chi connectivity index (χ1v) is 12.0. The zero-order valence-corrected chi connectivity index (χ0v) is 19.5. The van der Waals surface area contributed by atoms with Crippen LogP contribution in [0.3, 0.4) is 0 Å². The molecule has 0 aliphatic carbocycles. The van der Waals surface area contributed by atoms with Crippen molar-refractivity contribution in [2.45, 2.75) is 18.4 Å². The molecule has 0 radical (unpaired) electrons. The Balaban J connectivity index is 1.83. The second kappa shape index (κ2) is 9.87. The van der Waals surface area contributed by atoms with E-state index in [1.807, 2.05) is 6.92 Å². The molecule has 1 aromatic heterocycles. The molecular weight excluding hydrogens is 467 g/mol. The van der Waals surface area contributed by atoms with Gasteiger partial charge in [-0.15, -0.1) is 0 Å². The van der Waals surface area contributed by atoms with Crippen LogP contribution in [0.5, 0.6) is 0 Å². The second-order valence-electron chi connectivity index (χ2n) is 7.79. The molecule has 0 aliphatic rings. The maximum atomic E-state index is 13.5. The molecule has 0 saturated heterocycles. The Labute approximate surface area is 202 Å². The highest BCUT2D eigenvalue weighted by Crippen LogP contribution is 2.22. The van der Waals surface area contributed by atoms with Gasteiger partial charge in [0.1, 0.15) is 5.82 Å². The van der Waals surface area contributed by atoms with Crippen molar-refractivity contribution in [3.05, 3.63) is 119 Å². The number of carbonyl (C=O) groups is 1. The Bertz CT molecular complexity index is 1520. The molecule has 0 bridgehead atoms. The molecule has 176 valence electrons. The fourth-order valence-electron chi connectivity index (χ4n) is 3.48. The molecule has 1 heterocycles. The molecule has 0 amide bonds. The van der Waals surface area contributed by atoms with E-state index in [1.54, 1.807) is 53.4 Å². The van der Waals surface area contributed by atoms with E-state index >= 15 is 0 Å². The summed E-state index contributed by atoms with van der Waals surface area (Å²) in [5, 5.41) is 9.69. The van der Waals surface area contributed by atoms with Crippen LogP contribution in [0.2, 0.25) is 0 Å². The number of aromatic carboxylic acids is 1. The van der Waals surface area contributed by atoms with E-state index in [2.05, 4.69) is 12.0 Å². The largest absolute Gasteiger partial charge is 0.478 e. The molecule has 0 fully saturated rings. The number of aromatic nitrogens is 1. The molecule has 0 spiro atoms. The highest BCUT2D eigenvalue weighted by molar-refractivity contribution is 7.89. The fourth-order valence-corrected chi connectivity index (χ4v) is 4.70. The zero-order chi connectivity index (χ0) is 25.0. The first-order chi connectivity index (χ1) is 16.8. The Morgan fingerprint density at radius 1 is 0.971 bits per heavy atom. The summed E-state index contributed by atoms with van der Waals surface area (Å²) in [4.78, 5) is 11.9. The van der Waals surface area contributed by atoms with E-state index in [0.717, 1.165) is 9.87 Å². The third-order valence-corrected chi connectivity index (χ3v) is 6.96. The second-order valence-corrected chi connectivity index (χ2v) is 9.65. The van der Waals surface area contributed by atoms with E-state index < -0.39 is 21.8 Å². The smallest absolute Gasteiger partial charge is 0.337 e. The molecule has 6 nitrogen and oxygen atoms in total. The van der Waals surface area contributed by atoms with Crippen molar-refractivity contribution in [1.82, 2.24) is 8.87 Å². The predicted molar refractivity (Wildman–Crippen MR) is 130 cm³/mol. The van der Waals surface area contributed by atoms with Gasteiger partial charge in [-0.3, -0.25) is 0 Å². The molecule has 35 heavy (non-hydrogen) atoms. The van der Waals surface area contributed by atoms with Crippen LogP contribution >= 0.6 is 0 Å². The molecule has 8 heteroatoms. The van der Waals surface area contributed by atoms with Crippen LogP contribution in [0.25, 0.3) is 5.69 Å². The minimum Gasteiger partial charge on any atom is -0.478 e. The van der Waals surface area contributed by atoms with Crippen molar-refractivity contribution in [3.8, 4) is 17.7 Å². The van der Waals surface area contributed by atoms with E-state index in [9.17, 15) is 22.7 Å². The molecule has 4 aromatic rings. The van der Waals surface area contributed by atoms with Crippen LogP contribution in [0.15, 0.2) is 96.2 Å². The van der Waals surface area contributed by atoms with Crippen molar-refractivity contribution in [2.75, 3.05) is 0 Å². The number of benzene rings is 3. The molecule has 3 aromatic carbocycles. The van der Waals surface area contributed by atoms with Gasteiger partial charge < -0.3 is 9.67 Å². The number of nitrogens with zero attached hydrogens (tertiary/aromatic N) is 2. The van der Waals surface area contributed by atoms with Crippen LogP contribution in [0, 0.1) is 24.7 Å². The van der Waals surface area contributed by atoms with Crippen LogP contribution in [0.1, 0.15) is 27.0 Å². The van der Waals surface area contributed by atoms with Crippen molar-refractivity contribution >= 4 is 16.0 Å². The monoisotopic (exact) mass is 488 g/mol.